The van der Waals surface area contributed by atoms with E-state index in [0.29, 0.717) is 5.82 Å². The van der Waals surface area contributed by atoms with Crippen LogP contribution in [0.2, 0.25) is 0 Å². The van der Waals surface area contributed by atoms with Gasteiger partial charge in [0.1, 0.15) is 11.6 Å². The van der Waals surface area contributed by atoms with Crippen molar-refractivity contribution in [3.8, 4) is 17.0 Å². The van der Waals surface area contributed by atoms with Crippen molar-refractivity contribution in [3.63, 3.8) is 0 Å². The number of ether oxygens (including phenoxy) is 1. The summed E-state index contributed by atoms with van der Waals surface area (Å²) in [5.41, 5.74) is 8.68. The van der Waals surface area contributed by atoms with Gasteiger partial charge in [-0.25, -0.2) is 0 Å². The molecule has 0 unspecified atom stereocenters. The van der Waals surface area contributed by atoms with E-state index in [2.05, 4.69) is 21.0 Å². The van der Waals surface area contributed by atoms with E-state index < -0.39 is 0 Å². The first-order valence-electron chi connectivity index (χ1n) is 5.17. The second-order valence-electron chi connectivity index (χ2n) is 3.83. The molecule has 17 heavy (non-hydrogen) atoms. The predicted octanol–water partition coefficient (Wildman–Crippen LogP) is 2.75. The molecule has 4 nitrogen and oxygen atoms in total. The maximum atomic E-state index is 5.81. The fourth-order valence-electron chi connectivity index (χ4n) is 1.75. The van der Waals surface area contributed by atoms with Crippen LogP contribution >= 0.6 is 15.9 Å². The highest BCUT2D eigenvalue weighted by molar-refractivity contribution is 9.10. The summed E-state index contributed by atoms with van der Waals surface area (Å²) in [4.78, 5) is 0. The molecule has 5 heteroatoms. The summed E-state index contributed by atoms with van der Waals surface area (Å²) in [6.45, 7) is 2.02. The summed E-state index contributed by atoms with van der Waals surface area (Å²) >= 11 is 3.51. The van der Waals surface area contributed by atoms with E-state index >= 15 is 0 Å². The van der Waals surface area contributed by atoms with Crippen LogP contribution in [-0.2, 0) is 7.05 Å². The number of rotatable bonds is 2. The Kier molecular flexibility index (Phi) is 3.11. The van der Waals surface area contributed by atoms with Crippen molar-refractivity contribution in [1.29, 1.82) is 0 Å². The summed E-state index contributed by atoms with van der Waals surface area (Å²) in [5.74, 6) is 1.42. The van der Waals surface area contributed by atoms with Crippen LogP contribution in [-0.4, -0.2) is 16.9 Å². The molecule has 2 rings (SSSR count). The Balaban J connectivity index is 2.68. The Morgan fingerprint density at radius 1 is 1.41 bits per heavy atom. The minimum Gasteiger partial charge on any atom is -0.496 e. The van der Waals surface area contributed by atoms with Gasteiger partial charge in [0, 0.05) is 23.2 Å². The van der Waals surface area contributed by atoms with Gasteiger partial charge in [0.2, 0.25) is 0 Å². The average Bonchev–Trinajstić information content (AvgIpc) is 2.62. The lowest BCUT2D eigenvalue weighted by molar-refractivity contribution is 0.416. The second-order valence-corrected chi connectivity index (χ2v) is 4.68. The highest BCUT2D eigenvalue weighted by Crippen LogP contribution is 2.36. The van der Waals surface area contributed by atoms with Crippen LogP contribution in [0.5, 0.6) is 5.75 Å². The number of methoxy groups -OCH3 is 1. The van der Waals surface area contributed by atoms with Gasteiger partial charge in [-0.1, -0.05) is 15.9 Å². The number of hydrogen-bond donors (Lipinski definition) is 1. The fourth-order valence-corrected chi connectivity index (χ4v) is 2.08. The van der Waals surface area contributed by atoms with Crippen molar-refractivity contribution in [2.45, 2.75) is 6.92 Å². The highest BCUT2D eigenvalue weighted by Gasteiger charge is 2.15. The van der Waals surface area contributed by atoms with E-state index in [1.54, 1.807) is 11.8 Å². The number of aryl methyl sites for hydroxylation is 1. The van der Waals surface area contributed by atoms with Crippen molar-refractivity contribution in [2.75, 3.05) is 12.8 Å². The SMILES string of the molecule is COc1ccc(Br)c(C)c1-c1cc(N)n(C)n1. The van der Waals surface area contributed by atoms with Crippen LogP contribution in [0.15, 0.2) is 22.7 Å². The van der Waals surface area contributed by atoms with Gasteiger partial charge in [0.05, 0.1) is 12.8 Å². The first-order valence-corrected chi connectivity index (χ1v) is 5.97. The highest BCUT2D eigenvalue weighted by atomic mass is 79.9. The zero-order chi connectivity index (χ0) is 12.6. The smallest absolute Gasteiger partial charge is 0.128 e. The number of hydrogen-bond acceptors (Lipinski definition) is 3. The second kappa shape index (κ2) is 4.41. The van der Waals surface area contributed by atoms with Gasteiger partial charge in [0.25, 0.3) is 0 Å². The Morgan fingerprint density at radius 3 is 2.65 bits per heavy atom. The molecular weight excluding hydrogens is 282 g/mol. The quantitative estimate of drug-likeness (QED) is 0.927. The van der Waals surface area contributed by atoms with Crippen LogP contribution in [0.3, 0.4) is 0 Å². The average molecular weight is 296 g/mol. The minimum absolute atomic E-state index is 0.626. The van der Waals surface area contributed by atoms with Crippen LogP contribution in [0.1, 0.15) is 5.56 Å². The molecule has 0 aliphatic rings. The molecule has 0 fully saturated rings. The van der Waals surface area contributed by atoms with Crippen LogP contribution in [0.4, 0.5) is 5.82 Å². The monoisotopic (exact) mass is 295 g/mol. The van der Waals surface area contributed by atoms with E-state index in [1.807, 2.05) is 32.2 Å². The Labute approximate surface area is 109 Å². The molecule has 0 atom stereocenters. The molecular formula is C12H14BrN3O. The summed E-state index contributed by atoms with van der Waals surface area (Å²) in [6, 6.07) is 5.72. The zero-order valence-electron chi connectivity index (χ0n) is 9.99. The Hall–Kier alpha value is -1.49. The number of aromatic nitrogens is 2. The zero-order valence-corrected chi connectivity index (χ0v) is 11.6. The number of nitrogen functional groups attached to an aromatic ring is 1. The predicted molar refractivity (Wildman–Crippen MR) is 72.0 cm³/mol. The van der Waals surface area contributed by atoms with E-state index in [9.17, 15) is 0 Å². The van der Waals surface area contributed by atoms with Crippen molar-refractivity contribution in [1.82, 2.24) is 9.78 Å². The molecule has 1 aromatic carbocycles. The topological polar surface area (TPSA) is 53.1 Å². The van der Waals surface area contributed by atoms with Crippen LogP contribution < -0.4 is 10.5 Å². The standard InChI is InChI=1S/C12H14BrN3O/c1-7-8(13)4-5-10(17-3)12(7)9-6-11(14)16(2)15-9/h4-6H,14H2,1-3H3. The lowest BCUT2D eigenvalue weighted by atomic mass is 10.0. The number of anilines is 1. The molecule has 90 valence electrons. The Morgan fingerprint density at radius 2 is 2.12 bits per heavy atom. The minimum atomic E-state index is 0.626. The lowest BCUT2D eigenvalue weighted by Crippen LogP contribution is -1.97. The van der Waals surface area contributed by atoms with Gasteiger partial charge in [-0.2, -0.15) is 5.10 Å². The molecule has 2 N–H and O–H groups in total. The van der Waals surface area contributed by atoms with E-state index in [0.717, 1.165) is 27.0 Å². The van der Waals surface area contributed by atoms with Gasteiger partial charge in [0.15, 0.2) is 0 Å². The van der Waals surface area contributed by atoms with E-state index in [1.165, 1.54) is 0 Å². The number of nitrogens with two attached hydrogens (primary N) is 1. The van der Waals surface area contributed by atoms with Gasteiger partial charge in [-0.15, -0.1) is 0 Å². The molecule has 0 amide bonds. The van der Waals surface area contributed by atoms with Crippen molar-refractivity contribution in [3.05, 3.63) is 28.2 Å². The van der Waals surface area contributed by atoms with Crippen LogP contribution in [0.25, 0.3) is 11.3 Å². The molecule has 0 radical (unpaired) electrons. The van der Waals surface area contributed by atoms with Crippen molar-refractivity contribution < 1.29 is 4.74 Å². The lowest BCUT2D eigenvalue weighted by Gasteiger charge is -2.10. The summed E-state index contributed by atoms with van der Waals surface area (Å²) < 4.78 is 8.05. The first kappa shape index (κ1) is 12.0. The van der Waals surface area contributed by atoms with Crippen molar-refractivity contribution in [2.24, 2.45) is 7.05 Å². The normalized spacial score (nSPS) is 10.6. The first-order chi connectivity index (χ1) is 8.04. The van der Waals surface area contributed by atoms with Crippen molar-refractivity contribution >= 4 is 21.7 Å². The van der Waals surface area contributed by atoms with E-state index in [-0.39, 0.29) is 0 Å². The molecule has 1 aromatic heterocycles. The molecule has 0 bridgehead atoms. The van der Waals surface area contributed by atoms with Crippen LogP contribution in [0, 0.1) is 6.92 Å². The summed E-state index contributed by atoms with van der Waals surface area (Å²) in [6.07, 6.45) is 0. The number of benzene rings is 1. The molecule has 1 heterocycles. The molecule has 0 spiro atoms. The molecule has 0 saturated carbocycles. The Bertz CT molecular complexity index is 544. The van der Waals surface area contributed by atoms with Gasteiger partial charge in [-0.05, 0) is 24.6 Å². The largest absolute Gasteiger partial charge is 0.496 e. The third-order valence-electron chi connectivity index (χ3n) is 2.75. The number of nitrogens with zero attached hydrogens (tertiary/aromatic N) is 2. The van der Waals surface area contributed by atoms with Gasteiger partial charge in [-0.3, -0.25) is 4.68 Å². The molecule has 0 aliphatic carbocycles. The third-order valence-corrected chi connectivity index (χ3v) is 3.61. The maximum absolute atomic E-state index is 5.81. The maximum Gasteiger partial charge on any atom is 0.128 e. The van der Waals surface area contributed by atoms with E-state index in [4.69, 9.17) is 10.5 Å². The summed E-state index contributed by atoms with van der Waals surface area (Å²) in [5, 5.41) is 4.38. The van der Waals surface area contributed by atoms with Gasteiger partial charge >= 0.3 is 0 Å². The summed E-state index contributed by atoms with van der Waals surface area (Å²) in [7, 11) is 3.47. The van der Waals surface area contributed by atoms with Gasteiger partial charge < -0.3 is 10.5 Å². The molecule has 0 saturated heterocycles. The molecule has 0 aliphatic heterocycles. The molecule has 2 aromatic rings. The number of halogens is 1. The fraction of sp³-hybridized carbons (Fsp3) is 0.250. The third kappa shape index (κ3) is 2.02.